The second kappa shape index (κ2) is 43.7. The molecule has 3 aromatic rings. The van der Waals surface area contributed by atoms with Crippen molar-refractivity contribution in [3.63, 3.8) is 0 Å². The first-order valence-corrected chi connectivity index (χ1v) is 36.5. The van der Waals surface area contributed by atoms with Crippen molar-refractivity contribution in [3.05, 3.63) is 101 Å². The van der Waals surface area contributed by atoms with Gasteiger partial charge in [-0.3, -0.25) is 48.2 Å². The van der Waals surface area contributed by atoms with Crippen molar-refractivity contribution in [2.75, 3.05) is 150 Å². The molecule has 7 amide bonds. The van der Waals surface area contributed by atoms with E-state index in [-0.39, 0.29) is 116 Å². The van der Waals surface area contributed by atoms with Crippen molar-refractivity contribution in [1.82, 2.24) is 20.0 Å². The molecule has 107 heavy (non-hydrogen) atoms. The van der Waals surface area contributed by atoms with E-state index < -0.39 is 48.0 Å². The molecule has 0 aliphatic carbocycles. The van der Waals surface area contributed by atoms with E-state index in [1.807, 2.05) is 33.9 Å². The molecule has 8 rings (SSSR count). The molecule has 0 spiro atoms. The number of ketones is 2. The van der Waals surface area contributed by atoms with Gasteiger partial charge in [0.05, 0.1) is 161 Å². The van der Waals surface area contributed by atoms with Gasteiger partial charge in [0.1, 0.15) is 24.2 Å². The number of carbonyl (C=O) groups is 9. The second-order valence-corrected chi connectivity index (χ2v) is 26.5. The number of aliphatic hydroxyl groups excluding tert-OH is 1. The summed E-state index contributed by atoms with van der Waals surface area (Å²) in [6.45, 7) is 15.3. The molecule has 0 fully saturated rings. The van der Waals surface area contributed by atoms with Gasteiger partial charge in [0.2, 0.25) is 11.8 Å². The normalized spacial score (nSPS) is 17.1. The number of aliphatic imine (C=N–C) groups is 1. The largest absolute Gasteiger partial charge is 0.493 e. The predicted octanol–water partition coefficient (Wildman–Crippen LogP) is 7.62. The lowest BCUT2D eigenvalue weighted by atomic mass is 9.89. The monoisotopic (exact) mass is 1490 g/mol. The minimum atomic E-state index is -1.52. The smallest absolute Gasteiger partial charge is 0.416 e. The third-order valence-electron chi connectivity index (χ3n) is 18.1. The van der Waals surface area contributed by atoms with Gasteiger partial charge in [-0.2, -0.15) is 0 Å². The zero-order valence-corrected chi connectivity index (χ0v) is 62.3. The molecule has 0 saturated carbocycles. The number of ether oxygens (including phenoxy) is 13. The van der Waals surface area contributed by atoms with Gasteiger partial charge in [0.15, 0.2) is 29.2 Å². The number of nitrogens with zero attached hydrogens (tertiary/aromatic N) is 5. The van der Waals surface area contributed by atoms with Gasteiger partial charge in [-0.1, -0.05) is 37.1 Å². The number of hydrogen-bond acceptors (Lipinski definition) is 24. The number of imide groups is 1. The zero-order chi connectivity index (χ0) is 76.6. The number of methoxy groups -OCH3 is 2. The van der Waals surface area contributed by atoms with Gasteiger partial charge in [0.25, 0.3) is 23.6 Å². The summed E-state index contributed by atoms with van der Waals surface area (Å²) in [5.41, 5.74) is 3.96. The molecule has 5 aliphatic heterocycles. The van der Waals surface area contributed by atoms with Crippen molar-refractivity contribution >= 4 is 76.4 Å². The van der Waals surface area contributed by atoms with Gasteiger partial charge in [-0.05, 0) is 95.0 Å². The standard InChI is InChI=1S/C77H103N7O23/c1-51(2)60(42-59(86)20-25-98-27-29-100-31-33-102-35-37-104-39-38-103-36-34-101-32-30-99-28-26-97-22-11-12-58(85)19-21-81-70(87)17-18-71(81)88)73(90)79-54(5)72(89)80-56-15-13-55(14-16-56)50-107-77(94)84-64-46-69(67(96-7)44-62(64)75(92)83-49-53(4)41-65(83)76(84)93)106-24-10-8-9-23-105-68-45-63-61(43-66(68)95-6)74(91)82-48-52(3)40-57(82)47-78-63/h13-18,43-49,51,54,57,60,65,76,93H,8-12,19-42,50H2,1-7H3,(H,79,90)(H,80,89)/t54-,57-,60-,65-,76-/m0/s1. The van der Waals surface area contributed by atoms with Gasteiger partial charge in [-0.25, -0.2) is 9.69 Å². The van der Waals surface area contributed by atoms with E-state index in [1.165, 1.54) is 43.4 Å². The topological polar surface area (TPSA) is 343 Å². The minimum absolute atomic E-state index is 0.0277. The third-order valence-corrected chi connectivity index (χ3v) is 18.1. The average molecular weight is 1490 g/mol. The Bertz CT molecular complexity index is 3620. The summed E-state index contributed by atoms with van der Waals surface area (Å²) in [7, 11) is 2.97. The SMILES string of the molecule is COc1cc2c(cc1OCCCCCOc1cc3c(cc1OC)C(=O)N1C=C(C)C[C@H]1[C@H](O)N3C(=O)OCc1ccc(NC(=O)[C@H](C)NC(=O)[C@@H](CC(=O)CCOCCOCCOCCOCCOCCOCCOCCOCCCC(=O)CCN3C(=O)C=CC3=O)C(C)C)cc1)N=C[C@@H]1CC(C)=CN1C2=O. The van der Waals surface area contributed by atoms with Crippen LogP contribution in [0.1, 0.15) is 125 Å². The lowest BCUT2D eigenvalue weighted by molar-refractivity contribution is -0.137. The summed E-state index contributed by atoms with van der Waals surface area (Å²) in [5.74, 6) is -2.04. The van der Waals surface area contributed by atoms with E-state index >= 15 is 0 Å². The van der Waals surface area contributed by atoms with Gasteiger partial charge < -0.3 is 87.1 Å². The van der Waals surface area contributed by atoms with Crippen LogP contribution in [-0.2, 0) is 78.0 Å². The molecular weight excluding hydrogens is 1390 g/mol. The van der Waals surface area contributed by atoms with Crippen LogP contribution in [0.4, 0.5) is 21.9 Å². The van der Waals surface area contributed by atoms with Crippen molar-refractivity contribution in [1.29, 1.82) is 0 Å². The maximum absolute atomic E-state index is 14.3. The van der Waals surface area contributed by atoms with Gasteiger partial charge in [0, 0.05) is 93.3 Å². The summed E-state index contributed by atoms with van der Waals surface area (Å²) in [5, 5.41) is 17.5. The molecule has 0 radical (unpaired) electrons. The predicted molar refractivity (Wildman–Crippen MR) is 391 cm³/mol. The Morgan fingerprint density at radius 1 is 0.561 bits per heavy atom. The fraction of sp³-hybridized carbons (Fsp3) is 0.558. The number of unbranched alkanes of at least 4 members (excludes halogenated alkanes) is 2. The van der Waals surface area contributed by atoms with Crippen molar-refractivity contribution in [2.45, 2.75) is 130 Å². The number of fused-ring (bicyclic) bond motifs is 4. The summed E-state index contributed by atoms with van der Waals surface area (Å²) < 4.78 is 73.8. The first-order valence-electron chi connectivity index (χ1n) is 36.5. The number of aliphatic hydroxyl groups is 1. The molecule has 3 aromatic carbocycles. The Morgan fingerprint density at radius 3 is 1.65 bits per heavy atom. The molecule has 0 aromatic heterocycles. The van der Waals surface area contributed by atoms with E-state index in [1.54, 1.807) is 60.6 Å². The van der Waals surface area contributed by atoms with Gasteiger partial charge >= 0.3 is 6.09 Å². The Kier molecular flexibility index (Phi) is 34.2. The highest BCUT2D eigenvalue weighted by Gasteiger charge is 2.45. The van der Waals surface area contributed by atoms with Crippen LogP contribution < -0.4 is 34.5 Å². The van der Waals surface area contributed by atoms with E-state index in [0.29, 0.717) is 172 Å². The Balaban J connectivity index is 0.649. The van der Waals surface area contributed by atoms with Crippen LogP contribution in [0.25, 0.3) is 0 Å². The molecule has 30 heteroatoms. The molecular formula is C77H103N7O23. The number of rotatable bonds is 50. The van der Waals surface area contributed by atoms with Crippen LogP contribution in [0.15, 0.2) is 89.2 Å². The van der Waals surface area contributed by atoms with E-state index in [9.17, 15) is 48.3 Å². The second-order valence-electron chi connectivity index (χ2n) is 26.5. The van der Waals surface area contributed by atoms with Gasteiger partial charge in [-0.15, -0.1) is 0 Å². The highest BCUT2D eigenvalue weighted by atomic mass is 16.6. The Labute approximate surface area is 624 Å². The van der Waals surface area contributed by atoms with Crippen LogP contribution in [0.2, 0.25) is 0 Å². The maximum Gasteiger partial charge on any atom is 0.416 e. The van der Waals surface area contributed by atoms with Crippen molar-refractivity contribution in [2.24, 2.45) is 16.8 Å². The number of carbonyl (C=O) groups excluding carboxylic acids is 9. The molecule has 584 valence electrons. The average Bonchev–Trinajstić information content (AvgIpc) is 1.63. The number of nitrogens with one attached hydrogen (secondary N) is 2. The number of anilines is 2. The molecule has 5 heterocycles. The summed E-state index contributed by atoms with van der Waals surface area (Å²) in [6, 6.07) is 11.0. The highest BCUT2D eigenvalue weighted by molar-refractivity contribution is 6.13. The van der Waals surface area contributed by atoms with Crippen molar-refractivity contribution in [3.8, 4) is 23.0 Å². The lowest BCUT2D eigenvalue weighted by Gasteiger charge is -2.31. The van der Waals surface area contributed by atoms with Crippen LogP contribution >= 0.6 is 0 Å². The number of Topliss-reactive ketones (excluding diaryl/α,β-unsaturated/α-hetero) is 2. The molecule has 30 nitrogen and oxygen atoms in total. The minimum Gasteiger partial charge on any atom is -0.493 e. The molecule has 5 aliphatic rings. The third kappa shape index (κ3) is 25.6. The number of benzene rings is 3. The first kappa shape index (κ1) is 83.7. The fourth-order valence-electron chi connectivity index (χ4n) is 12.1. The van der Waals surface area contributed by atoms with E-state index in [2.05, 4.69) is 15.6 Å². The molecule has 3 N–H and O–H groups in total. The quantitative estimate of drug-likeness (QED) is 0.0361. The van der Waals surface area contributed by atoms with Crippen LogP contribution in [0, 0.1) is 11.8 Å². The lowest BCUT2D eigenvalue weighted by Crippen LogP contribution is -2.50. The van der Waals surface area contributed by atoms with Crippen LogP contribution in [-0.4, -0.2) is 243 Å². The molecule has 5 atom stereocenters. The van der Waals surface area contributed by atoms with Crippen LogP contribution in [0.3, 0.4) is 0 Å². The highest BCUT2D eigenvalue weighted by Crippen LogP contribution is 2.43. The maximum atomic E-state index is 14.3. The molecule has 0 bridgehead atoms. The molecule has 0 unspecified atom stereocenters. The fourth-order valence-corrected chi connectivity index (χ4v) is 12.1. The van der Waals surface area contributed by atoms with Crippen LogP contribution in [0.5, 0.6) is 23.0 Å². The summed E-state index contributed by atoms with van der Waals surface area (Å²) in [6.07, 6.45) is 9.28. The van der Waals surface area contributed by atoms with Crippen molar-refractivity contribution < 1.29 is 110 Å². The van der Waals surface area contributed by atoms with E-state index in [4.69, 9.17) is 61.6 Å². The summed E-state index contributed by atoms with van der Waals surface area (Å²) >= 11 is 0. The summed E-state index contributed by atoms with van der Waals surface area (Å²) in [4.78, 5) is 127. The van der Waals surface area contributed by atoms with E-state index in [0.717, 1.165) is 27.4 Å². The number of amides is 7. The number of hydrogen-bond donors (Lipinski definition) is 3. The molecule has 0 saturated heterocycles. The Hall–Kier alpha value is -8.98. The first-order chi connectivity index (χ1) is 51.7. The Morgan fingerprint density at radius 2 is 1.08 bits per heavy atom. The zero-order valence-electron chi connectivity index (χ0n) is 62.3.